The molecule has 134 valence electrons. The second kappa shape index (κ2) is 8.06. The number of hydrogen-bond acceptors (Lipinski definition) is 5. The van der Waals surface area contributed by atoms with Crippen molar-refractivity contribution in [3.63, 3.8) is 0 Å². The van der Waals surface area contributed by atoms with E-state index >= 15 is 0 Å². The van der Waals surface area contributed by atoms with Crippen LogP contribution in [0.4, 0.5) is 9.18 Å². The summed E-state index contributed by atoms with van der Waals surface area (Å²) in [5, 5.41) is 6.76. The van der Waals surface area contributed by atoms with Crippen molar-refractivity contribution in [2.24, 2.45) is 0 Å². The van der Waals surface area contributed by atoms with Crippen LogP contribution in [-0.2, 0) is 4.74 Å². The van der Waals surface area contributed by atoms with Crippen molar-refractivity contribution < 1.29 is 18.4 Å². The standard InChI is InChI=1S/C17H21FN4O3/c1-24-9-7-19-17(23)22-8-3-5-13(11-22)16-20-15(21-25-16)12-4-2-6-14(18)10-12/h2,4,6,10,13H,3,5,7-9,11H2,1H3,(H,19,23)/t13-/m0/s1. The Bertz CT molecular complexity index is 721. The lowest BCUT2D eigenvalue weighted by atomic mass is 9.98. The summed E-state index contributed by atoms with van der Waals surface area (Å²) in [6, 6.07) is 5.95. The number of urea groups is 1. The van der Waals surface area contributed by atoms with E-state index in [-0.39, 0.29) is 17.8 Å². The van der Waals surface area contributed by atoms with E-state index in [2.05, 4.69) is 15.5 Å². The van der Waals surface area contributed by atoms with Crippen LogP contribution in [0.1, 0.15) is 24.7 Å². The first-order valence-corrected chi connectivity index (χ1v) is 8.28. The third kappa shape index (κ3) is 4.33. The van der Waals surface area contributed by atoms with Gasteiger partial charge >= 0.3 is 6.03 Å². The van der Waals surface area contributed by atoms with Gasteiger partial charge in [0.25, 0.3) is 0 Å². The van der Waals surface area contributed by atoms with E-state index in [1.54, 1.807) is 24.1 Å². The second-order valence-corrected chi connectivity index (χ2v) is 5.98. The van der Waals surface area contributed by atoms with Gasteiger partial charge in [-0.2, -0.15) is 4.98 Å². The summed E-state index contributed by atoms with van der Waals surface area (Å²) in [5.74, 6) is 0.474. The fourth-order valence-electron chi connectivity index (χ4n) is 2.88. The summed E-state index contributed by atoms with van der Waals surface area (Å²) in [4.78, 5) is 18.3. The van der Waals surface area contributed by atoms with Gasteiger partial charge in [0.05, 0.1) is 12.5 Å². The molecule has 2 heterocycles. The van der Waals surface area contributed by atoms with Crippen molar-refractivity contribution >= 4 is 6.03 Å². The molecule has 0 saturated carbocycles. The number of likely N-dealkylation sites (tertiary alicyclic amines) is 1. The predicted octanol–water partition coefficient (Wildman–Crippen LogP) is 2.41. The first kappa shape index (κ1) is 17.3. The first-order chi connectivity index (χ1) is 12.2. The minimum atomic E-state index is -0.347. The largest absolute Gasteiger partial charge is 0.383 e. The Morgan fingerprint density at radius 3 is 3.20 bits per heavy atom. The zero-order chi connectivity index (χ0) is 17.6. The molecule has 2 amide bonds. The maximum atomic E-state index is 13.3. The fraction of sp³-hybridized carbons (Fsp3) is 0.471. The number of ether oxygens (including phenoxy) is 1. The van der Waals surface area contributed by atoms with Crippen LogP contribution in [0.15, 0.2) is 28.8 Å². The molecule has 1 atom stereocenters. The summed E-state index contributed by atoms with van der Waals surface area (Å²) < 4.78 is 23.6. The predicted molar refractivity (Wildman–Crippen MR) is 88.5 cm³/mol. The number of piperidine rings is 1. The van der Waals surface area contributed by atoms with E-state index in [1.165, 1.54) is 12.1 Å². The molecule has 1 saturated heterocycles. The van der Waals surface area contributed by atoms with Crippen LogP contribution >= 0.6 is 0 Å². The molecule has 2 aromatic rings. The number of aromatic nitrogens is 2. The molecule has 1 aromatic carbocycles. The molecular formula is C17H21FN4O3. The van der Waals surface area contributed by atoms with E-state index in [1.807, 2.05) is 0 Å². The van der Waals surface area contributed by atoms with Gasteiger partial charge in [-0.15, -0.1) is 0 Å². The minimum absolute atomic E-state index is 0.0169. The van der Waals surface area contributed by atoms with Crippen molar-refractivity contribution in [1.82, 2.24) is 20.4 Å². The van der Waals surface area contributed by atoms with E-state index in [0.717, 1.165) is 12.8 Å². The van der Waals surface area contributed by atoms with E-state index in [9.17, 15) is 9.18 Å². The number of hydrogen-bond donors (Lipinski definition) is 1. The molecule has 3 rings (SSSR count). The highest BCUT2D eigenvalue weighted by atomic mass is 19.1. The molecule has 0 aliphatic carbocycles. The molecular weight excluding hydrogens is 327 g/mol. The Labute approximate surface area is 145 Å². The van der Waals surface area contributed by atoms with Crippen LogP contribution in [0.5, 0.6) is 0 Å². The zero-order valence-corrected chi connectivity index (χ0v) is 14.1. The molecule has 0 bridgehead atoms. The average molecular weight is 348 g/mol. The van der Waals surface area contributed by atoms with Crippen LogP contribution < -0.4 is 5.32 Å². The number of benzene rings is 1. The number of nitrogens with zero attached hydrogens (tertiary/aromatic N) is 3. The second-order valence-electron chi connectivity index (χ2n) is 5.98. The zero-order valence-electron chi connectivity index (χ0n) is 14.1. The van der Waals surface area contributed by atoms with Gasteiger partial charge in [-0.05, 0) is 25.0 Å². The number of carbonyl (C=O) groups excluding carboxylic acids is 1. The van der Waals surface area contributed by atoms with E-state index in [4.69, 9.17) is 9.26 Å². The quantitative estimate of drug-likeness (QED) is 0.839. The third-order valence-electron chi connectivity index (χ3n) is 4.16. The Kier molecular flexibility index (Phi) is 5.60. The maximum Gasteiger partial charge on any atom is 0.317 e. The Morgan fingerprint density at radius 2 is 2.40 bits per heavy atom. The summed E-state index contributed by atoms with van der Waals surface area (Å²) in [7, 11) is 1.59. The molecule has 8 heteroatoms. The number of nitrogens with one attached hydrogen (secondary N) is 1. The Morgan fingerprint density at radius 1 is 1.52 bits per heavy atom. The molecule has 1 aliphatic heterocycles. The van der Waals surface area contributed by atoms with Gasteiger partial charge in [0.15, 0.2) is 0 Å². The van der Waals surface area contributed by atoms with E-state index in [0.29, 0.717) is 43.5 Å². The maximum absolute atomic E-state index is 13.3. The summed E-state index contributed by atoms with van der Waals surface area (Å²) in [6.45, 7) is 2.16. The van der Waals surface area contributed by atoms with Crippen LogP contribution in [-0.4, -0.2) is 54.4 Å². The topological polar surface area (TPSA) is 80.5 Å². The SMILES string of the molecule is COCCNC(=O)N1CCC[C@H](c2nc(-c3cccc(F)c3)no2)C1. The lowest BCUT2D eigenvalue weighted by molar-refractivity contribution is 0.163. The minimum Gasteiger partial charge on any atom is -0.383 e. The molecule has 25 heavy (non-hydrogen) atoms. The molecule has 1 aliphatic rings. The lowest BCUT2D eigenvalue weighted by Gasteiger charge is -2.31. The highest BCUT2D eigenvalue weighted by Gasteiger charge is 2.28. The highest BCUT2D eigenvalue weighted by Crippen LogP contribution is 2.27. The van der Waals surface area contributed by atoms with Crippen molar-refractivity contribution in [3.05, 3.63) is 36.0 Å². The smallest absolute Gasteiger partial charge is 0.317 e. The van der Waals surface area contributed by atoms with Gasteiger partial charge in [0.1, 0.15) is 5.82 Å². The van der Waals surface area contributed by atoms with Crippen molar-refractivity contribution in [2.45, 2.75) is 18.8 Å². The molecule has 7 nitrogen and oxygen atoms in total. The summed E-state index contributed by atoms with van der Waals surface area (Å²) in [6.07, 6.45) is 1.73. The number of halogens is 1. The monoisotopic (exact) mass is 348 g/mol. The number of methoxy groups -OCH3 is 1. The van der Waals surface area contributed by atoms with Gasteiger partial charge in [-0.1, -0.05) is 17.3 Å². The molecule has 0 unspecified atom stereocenters. The normalized spacial score (nSPS) is 17.5. The third-order valence-corrected chi connectivity index (χ3v) is 4.16. The van der Waals surface area contributed by atoms with Crippen LogP contribution in [0.3, 0.4) is 0 Å². The van der Waals surface area contributed by atoms with Crippen LogP contribution in [0.2, 0.25) is 0 Å². The Hall–Kier alpha value is -2.48. The van der Waals surface area contributed by atoms with Gasteiger partial charge in [-0.3, -0.25) is 0 Å². The number of rotatable bonds is 5. The lowest BCUT2D eigenvalue weighted by Crippen LogP contribution is -2.45. The average Bonchev–Trinajstić information content (AvgIpc) is 3.12. The number of carbonyl (C=O) groups is 1. The van der Waals surface area contributed by atoms with Crippen LogP contribution in [0, 0.1) is 5.82 Å². The van der Waals surface area contributed by atoms with Crippen molar-refractivity contribution in [3.8, 4) is 11.4 Å². The van der Waals surface area contributed by atoms with Crippen molar-refractivity contribution in [2.75, 3.05) is 33.4 Å². The molecule has 1 fully saturated rings. The van der Waals surface area contributed by atoms with Crippen molar-refractivity contribution in [1.29, 1.82) is 0 Å². The summed E-state index contributed by atoms with van der Waals surface area (Å²) >= 11 is 0. The van der Waals surface area contributed by atoms with Crippen LogP contribution in [0.25, 0.3) is 11.4 Å². The Balaban J connectivity index is 1.65. The van der Waals surface area contributed by atoms with Gasteiger partial charge in [0.2, 0.25) is 11.7 Å². The summed E-state index contributed by atoms with van der Waals surface area (Å²) in [5.41, 5.74) is 0.569. The first-order valence-electron chi connectivity index (χ1n) is 8.28. The highest BCUT2D eigenvalue weighted by molar-refractivity contribution is 5.74. The van der Waals surface area contributed by atoms with Gasteiger partial charge in [0, 0.05) is 32.3 Å². The fourth-order valence-corrected chi connectivity index (χ4v) is 2.88. The molecule has 0 spiro atoms. The number of amides is 2. The van der Waals surface area contributed by atoms with E-state index < -0.39 is 0 Å². The molecule has 0 radical (unpaired) electrons. The molecule has 1 aromatic heterocycles. The van der Waals surface area contributed by atoms with Gasteiger partial charge < -0.3 is 19.5 Å². The van der Waals surface area contributed by atoms with Gasteiger partial charge in [-0.25, -0.2) is 9.18 Å². The molecule has 1 N–H and O–H groups in total.